The molecule has 0 bridgehead atoms. The average molecular weight is 402 g/mol. The molecule has 0 spiro atoms. The van der Waals surface area contributed by atoms with Crippen LogP contribution in [0, 0.1) is 17.8 Å². The molecule has 3 unspecified atom stereocenters. The predicted octanol–water partition coefficient (Wildman–Crippen LogP) is 4.67. The van der Waals surface area contributed by atoms with Gasteiger partial charge in [0.05, 0.1) is 6.61 Å². The van der Waals surface area contributed by atoms with E-state index in [1.807, 2.05) is 6.07 Å². The minimum Gasteiger partial charge on any atom is -0.483 e. The van der Waals surface area contributed by atoms with E-state index in [9.17, 15) is 4.79 Å². The highest BCUT2D eigenvalue weighted by molar-refractivity contribution is 5.77. The molecule has 0 heterocycles. The zero-order valence-corrected chi connectivity index (χ0v) is 18.1. The minimum atomic E-state index is -0.176. The van der Waals surface area contributed by atoms with Crippen molar-refractivity contribution >= 4 is 5.91 Å². The van der Waals surface area contributed by atoms with E-state index in [1.54, 1.807) is 0 Å². The summed E-state index contributed by atoms with van der Waals surface area (Å²) in [6.45, 7) is 2.53. The van der Waals surface area contributed by atoms with Gasteiger partial charge in [0.15, 0.2) is 6.61 Å². The largest absolute Gasteiger partial charge is 0.483 e. The van der Waals surface area contributed by atoms with Crippen LogP contribution < -0.4 is 10.1 Å². The first-order valence-corrected chi connectivity index (χ1v) is 11.8. The highest BCUT2D eigenvalue weighted by atomic mass is 16.5. The lowest BCUT2D eigenvalue weighted by atomic mass is 9.73. The van der Waals surface area contributed by atoms with Crippen LogP contribution in [-0.2, 0) is 17.6 Å². The molecule has 2 aliphatic carbocycles. The van der Waals surface area contributed by atoms with Crippen LogP contribution in [0.2, 0.25) is 0 Å². The van der Waals surface area contributed by atoms with E-state index in [-0.39, 0.29) is 25.7 Å². The Kier molecular flexibility index (Phi) is 8.85. The second kappa shape index (κ2) is 11.6. The van der Waals surface area contributed by atoms with E-state index in [2.05, 4.69) is 24.4 Å². The van der Waals surface area contributed by atoms with Crippen LogP contribution in [0.1, 0.15) is 75.8 Å². The fraction of sp³-hybridized carbons (Fsp3) is 0.720. The molecule has 4 nitrogen and oxygen atoms in total. The second-order valence-corrected chi connectivity index (χ2v) is 8.98. The van der Waals surface area contributed by atoms with Gasteiger partial charge in [-0.25, -0.2) is 0 Å². The predicted molar refractivity (Wildman–Crippen MR) is 117 cm³/mol. The van der Waals surface area contributed by atoms with Crippen LogP contribution in [-0.4, -0.2) is 30.8 Å². The van der Waals surface area contributed by atoms with E-state index in [0.717, 1.165) is 29.9 Å². The number of benzene rings is 1. The van der Waals surface area contributed by atoms with E-state index in [4.69, 9.17) is 9.84 Å². The molecular weight excluding hydrogens is 362 g/mol. The molecule has 0 radical (unpaired) electrons. The summed E-state index contributed by atoms with van der Waals surface area (Å²) >= 11 is 0. The highest BCUT2D eigenvalue weighted by Crippen LogP contribution is 2.48. The molecule has 1 aromatic carbocycles. The second-order valence-electron chi connectivity index (χ2n) is 8.98. The molecule has 2 N–H and O–H groups in total. The number of amides is 1. The van der Waals surface area contributed by atoms with Gasteiger partial charge in [-0.3, -0.25) is 4.79 Å². The lowest BCUT2D eigenvalue weighted by molar-refractivity contribution is -0.123. The van der Waals surface area contributed by atoms with Gasteiger partial charge < -0.3 is 15.2 Å². The van der Waals surface area contributed by atoms with Gasteiger partial charge in [-0.05, 0) is 60.6 Å². The molecule has 4 heteroatoms. The van der Waals surface area contributed by atoms with Crippen LogP contribution in [0.3, 0.4) is 0 Å². The summed E-state index contributed by atoms with van der Waals surface area (Å²) in [5.74, 6) is 3.21. The summed E-state index contributed by atoms with van der Waals surface area (Å²) in [5.41, 5.74) is 2.75. The van der Waals surface area contributed by atoms with Crippen LogP contribution in [0.25, 0.3) is 0 Å². The summed E-state index contributed by atoms with van der Waals surface area (Å²) < 4.78 is 5.86. The lowest BCUT2D eigenvalue weighted by Gasteiger charge is -2.32. The first-order valence-electron chi connectivity index (χ1n) is 11.8. The molecule has 3 rings (SSSR count). The summed E-state index contributed by atoms with van der Waals surface area (Å²) in [7, 11) is 0. The summed E-state index contributed by atoms with van der Waals surface area (Å²) in [4.78, 5) is 11.8. The Labute approximate surface area is 176 Å². The number of fused-ring (bicyclic) bond motifs is 2. The fourth-order valence-corrected chi connectivity index (χ4v) is 5.45. The van der Waals surface area contributed by atoms with E-state index < -0.39 is 0 Å². The number of unbranched alkanes of at least 4 members (excludes halogenated alkanes) is 5. The number of ether oxygens (including phenoxy) is 1. The number of nitrogens with one attached hydrogen (secondary N) is 1. The van der Waals surface area contributed by atoms with Crippen LogP contribution in [0.15, 0.2) is 18.2 Å². The van der Waals surface area contributed by atoms with E-state index >= 15 is 0 Å². The Bertz CT molecular complexity index is 645. The molecular formula is C25H39NO3. The maximum Gasteiger partial charge on any atom is 0.258 e. The minimum absolute atomic E-state index is 0.0191. The molecule has 29 heavy (non-hydrogen) atoms. The molecule has 3 atom stereocenters. The third-order valence-corrected chi connectivity index (χ3v) is 6.99. The van der Waals surface area contributed by atoms with Crippen molar-refractivity contribution in [2.75, 3.05) is 19.8 Å². The van der Waals surface area contributed by atoms with Crippen molar-refractivity contribution < 1.29 is 14.6 Å². The van der Waals surface area contributed by atoms with Gasteiger partial charge in [0.1, 0.15) is 5.75 Å². The smallest absolute Gasteiger partial charge is 0.258 e. The Hall–Kier alpha value is -1.55. The number of aliphatic hydroxyl groups excluding tert-OH is 1. The van der Waals surface area contributed by atoms with Crippen molar-refractivity contribution in [1.29, 1.82) is 0 Å². The number of hydrogen-bond donors (Lipinski definition) is 2. The number of aliphatic hydroxyl groups is 1. The molecule has 1 saturated carbocycles. The van der Waals surface area contributed by atoms with Crippen LogP contribution >= 0.6 is 0 Å². The van der Waals surface area contributed by atoms with Crippen molar-refractivity contribution in [3.8, 4) is 5.75 Å². The van der Waals surface area contributed by atoms with E-state index in [1.165, 1.54) is 75.3 Å². The van der Waals surface area contributed by atoms with Gasteiger partial charge in [-0.1, -0.05) is 64.0 Å². The molecule has 2 aliphatic rings. The standard InChI is InChI=1S/C25H39NO3/c1-2-3-4-5-6-7-9-19-12-13-21-17-23-20(16-22(19)21)10-8-11-24(23)29-18-25(28)26-14-15-27/h8,10-11,19,21-22,27H,2-7,9,12-18H2,1H3,(H,26,28). The monoisotopic (exact) mass is 401 g/mol. The Morgan fingerprint density at radius 3 is 2.79 bits per heavy atom. The zero-order valence-electron chi connectivity index (χ0n) is 18.1. The van der Waals surface area contributed by atoms with Gasteiger partial charge in [0, 0.05) is 6.54 Å². The van der Waals surface area contributed by atoms with Crippen LogP contribution in [0.4, 0.5) is 0 Å². The van der Waals surface area contributed by atoms with Crippen molar-refractivity contribution in [2.24, 2.45) is 17.8 Å². The van der Waals surface area contributed by atoms with Gasteiger partial charge >= 0.3 is 0 Å². The molecule has 0 aromatic heterocycles. The summed E-state index contributed by atoms with van der Waals surface area (Å²) in [5, 5.41) is 11.5. The number of carbonyl (C=O) groups is 1. The Morgan fingerprint density at radius 2 is 1.97 bits per heavy atom. The molecule has 0 saturated heterocycles. The van der Waals surface area contributed by atoms with Crippen molar-refractivity contribution in [3.05, 3.63) is 29.3 Å². The van der Waals surface area contributed by atoms with Gasteiger partial charge in [0.25, 0.3) is 5.91 Å². The number of hydrogen-bond acceptors (Lipinski definition) is 3. The fourth-order valence-electron chi connectivity index (χ4n) is 5.45. The average Bonchev–Trinajstić information content (AvgIpc) is 3.13. The third kappa shape index (κ3) is 6.21. The van der Waals surface area contributed by atoms with Crippen LogP contribution in [0.5, 0.6) is 5.75 Å². The normalized spacial score (nSPS) is 22.8. The first-order chi connectivity index (χ1) is 14.2. The van der Waals surface area contributed by atoms with E-state index in [0.29, 0.717) is 0 Å². The van der Waals surface area contributed by atoms with Gasteiger partial charge in [-0.15, -0.1) is 0 Å². The molecule has 162 valence electrons. The lowest BCUT2D eigenvalue weighted by Crippen LogP contribution is -2.31. The Morgan fingerprint density at radius 1 is 1.14 bits per heavy atom. The van der Waals surface area contributed by atoms with Crippen molar-refractivity contribution in [3.63, 3.8) is 0 Å². The molecule has 1 aromatic rings. The maximum atomic E-state index is 11.8. The van der Waals surface area contributed by atoms with Crippen molar-refractivity contribution in [1.82, 2.24) is 5.32 Å². The Balaban J connectivity index is 1.52. The van der Waals surface area contributed by atoms with Gasteiger partial charge in [-0.2, -0.15) is 0 Å². The van der Waals surface area contributed by atoms with Crippen molar-refractivity contribution in [2.45, 2.75) is 77.6 Å². The zero-order chi connectivity index (χ0) is 20.5. The SMILES string of the molecule is CCCCCCCCC1CCC2Cc3c(cccc3OCC(=O)NCCO)CC12. The maximum absolute atomic E-state index is 11.8. The highest BCUT2D eigenvalue weighted by Gasteiger charge is 2.39. The third-order valence-electron chi connectivity index (χ3n) is 6.99. The number of rotatable bonds is 12. The van der Waals surface area contributed by atoms with Gasteiger partial charge in [0.2, 0.25) is 0 Å². The molecule has 0 aliphatic heterocycles. The summed E-state index contributed by atoms with van der Waals surface area (Å²) in [6.07, 6.45) is 14.7. The summed E-state index contributed by atoms with van der Waals surface area (Å²) in [6, 6.07) is 6.32. The topological polar surface area (TPSA) is 58.6 Å². The molecule has 1 fully saturated rings. The first kappa shape index (κ1) is 22.1. The molecule has 1 amide bonds. The number of carbonyl (C=O) groups excluding carboxylic acids is 1. The quantitative estimate of drug-likeness (QED) is 0.501.